The van der Waals surface area contributed by atoms with E-state index in [0.29, 0.717) is 30.6 Å². The number of aliphatic imine (C=N–C) groups is 1. The Morgan fingerprint density at radius 3 is 2.50 bits per heavy atom. The van der Waals surface area contributed by atoms with Gasteiger partial charge in [-0.1, -0.05) is 5.92 Å². The Morgan fingerprint density at radius 1 is 1.39 bits per heavy atom. The Balaban J connectivity index is 0.00000120. The molecular weight excluding hydrogens is 341 g/mol. The van der Waals surface area contributed by atoms with Gasteiger partial charge in [0.1, 0.15) is 0 Å². The van der Waals surface area contributed by atoms with Gasteiger partial charge in [0.25, 0.3) is 0 Å². The zero-order valence-corrected chi connectivity index (χ0v) is 13.0. The number of fused-ring (bicyclic) bond motifs is 5. The number of terminal acetylenes is 1. The molecule has 5 heteroatoms. The minimum absolute atomic E-state index is 0. The normalized spacial score (nSPS) is 37.1. The van der Waals surface area contributed by atoms with Crippen molar-refractivity contribution in [2.24, 2.45) is 16.8 Å². The predicted molar refractivity (Wildman–Crippen MR) is 82.1 cm³/mol. The summed E-state index contributed by atoms with van der Waals surface area (Å²) in [7, 11) is 1.82. The molecule has 0 amide bonds. The maximum atomic E-state index is 5.96. The molecule has 0 aromatic rings. The van der Waals surface area contributed by atoms with E-state index in [4.69, 9.17) is 11.2 Å². The van der Waals surface area contributed by atoms with Crippen molar-refractivity contribution in [2.75, 3.05) is 26.7 Å². The van der Waals surface area contributed by atoms with Gasteiger partial charge in [0.2, 0.25) is 0 Å². The second-order valence-electron chi connectivity index (χ2n) is 5.13. The third kappa shape index (κ3) is 2.21. The smallest absolute Gasteiger partial charge is 0.194 e. The molecule has 0 saturated carbocycles. The van der Waals surface area contributed by atoms with Crippen LogP contribution in [0.25, 0.3) is 0 Å². The average molecular weight is 361 g/mol. The third-order valence-electron chi connectivity index (χ3n) is 4.31. The summed E-state index contributed by atoms with van der Waals surface area (Å²) in [6.07, 6.45) is 8.76. The first kappa shape index (κ1) is 13.9. The SMILES string of the molecule is C#CCNC(=NC)N1CC2C3CCC(O3)C2C1.I. The third-order valence-corrected chi connectivity index (χ3v) is 4.31. The maximum Gasteiger partial charge on any atom is 0.194 e. The van der Waals surface area contributed by atoms with Crippen LogP contribution in [0.1, 0.15) is 12.8 Å². The Bertz CT molecular complexity index is 361. The van der Waals surface area contributed by atoms with Gasteiger partial charge in [0.15, 0.2) is 5.96 Å². The highest BCUT2D eigenvalue weighted by Gasteiger charge is 2.53. The Kier molecular flexibility index (Phi) is 4.38. The molecule has 0 spiro atoms. The van der Waals surface area contributed by atoms with Crippen molar-refractivity contribution in [3.05, 3.63) is 0 Å². The molecule has 3 aliphatic heterocycles. The highest BCUT2D eigenvalue weighted by atomic mass is 127. The summed E-state index contributed by atoms with van der Waals surface area (Å²) in [6.45, 7) is 2.67. The zero-order valence-electron chi connectivity index (χ0n) is 10.6. The quantitative estimate of drug-likeness (QED) is 0.327. The molecule has 0 aliphatic carbocycles. The topological polar surface area (TPSA) is 36.9 Å². The molecule has 18 heavy (non-hydrogen) atoms. The lowest BCUT2D eigenvalue weighted by atomic mass is 9.82. The van der Waals surface area contributed by atoms with Gasteiger partial charge < -0.3 is 15.0 Å². The van der Waals surface area contributed by atoms with Crippen LogP contribution in [-0.4, -0.2) is 49.7 Å². The molecule has 4 unspecified atom stereocenters. The monoisotopic (exact) mass is 361 g/mol. The van der Waals surface area contributed by atoms with E-state index in [1.165, 1.54) is 12.8 Å². The minimum Gasteiger partial charge on any atom is -0.374 e. The van der Waals surface area contributed by atoms with Gasteiger partial charge >= 0.3 is 0 Å². The van der Waals surface area contributed by atoms with Gasteiger partial charge in [0, 0.05) is 32.0 Å². The molecule has 4 atom stereocenters. The molecule has 4 nitrogen and oxygen atoms in total. The second-order valence-corrected chi connectivity index (χ2v) is 5.13. The number of likely N-dealkylation sites (tertiary alicyclic amines) is 1. The van der Waals surface area contributed by atoms with Gasteiger partial charge in [-0.15, -0.1) is 30.4 Å². The van der Waals surface area contributed by atoms with Crippen LogP contribution >= 0.6 is 24.0 Å². The summed E-state index contributed by atoms with van der Waals surface area (Å²) in [5.41, 5.74) is 0. The number of nitrogens with one attached hydrogen (secondary N) is 1. The molecular formula is C13H20IN3O. The van der Waals surface area contributed by atoms with Crippen LogP contribution in [-0.2, 0) is 4.74 Å². The van der Waals surface area contributed by atoms with E-state index in [2.05, 4.69) is 21.1 Å². The maximum absolute atomic E-state index is 5.96. The summed E-state index contributed by atoms with van der Waals surface area (Å²) in [5.74, 6) is 4.95. The standard InChI is InChI=1S/C13H19N3O.HI/c1-3-6-15-13(14-2)16-7-9-10(8-16)12-5-4-11(9)17-12;/h1,9-12H,4-8H2,2H3,(H,14,15);1H. The molecule has 0 aromatic heterocycles. The van der Waals surface area contributed by atoms with Crippen LogP contribution in [0.3, 0.4) is 0 Å². The predicted octanol–water partition coefficient (Wildman–Crippen LogP) is 0.922. The largest absolute Gasteiger partial charge is 0.374 e. The fourth-order valence-electron chi connectivity index (χ4n) is 3.60. The van der Waals surface area contributed by atoms with Crippen LogP contribution in [0.5, 0.6) is 0 Å². The fourth-order valence-corrected chi connectivity index (χ4v) is 3.60. The Hall–Kier alpha value is -0.480. The van der Waals surface area contributed by atoms with Crippen molar-refractivity contribution in [2.45, 2.75) is 25.0 Å². The summed E-state index contributed by atoms with van der Waals surface area (Å²) in [5, 5.41) is 3.20. The van der Waals surface area contributed by atoms with Crippen LogP contribution in [0.15, 0.2) is 4.99 Å². The summed E-state index contributed by atoms with van der Waals surface area (Å²) in [6, 6.07) is 0. The van der Waals surface area contributed by atoms with E-state index in [0.717, 1.165) is 19.0 Å². The molecule has 3 aliphatic rings. The highest BCUT2D eigenvalue weighted by molar-refractivity contribution is 14.0. The molecule has 3 rings (SSSR count). The van der Waals surface area contributed by atoms with Crippen LogP contribution < -0.4 is 5.32 Å². The van der Waals surface area contributed by atoms with Crippen LogP contribution in [0, 0.1) is 24.2 Å². The first-order valence-corrected chi connectivity index (χ1v) is 6.38. The Labute approximate surface area is 126 Å². The minimum atomic E-state index is 0. The van der Waals surface area contributed by atoms with E-state index in [-0.39, 0.29) is 24.0 Å². The Morgan fingerprint density at radius 2 is 2.00 bits per heavy atom. The molecule has 100 valence electrons. The summed E-state index contributed by atoms with van der Waals surface area (Å²) in [4.78, 5) is 6.63. The van der Waals surface area contributed by atoms with Crippen molar-refractivity contribution < 1.29 is 4.74 Å². The number of ether oxygens (including phenoxy) is 1. The van der Waals surface area contributed by atoms with E-state index in [1.54, 1.807) is 0 Å². The van der Waals surface area contributed by atoms with Crippen LogP contribution in [0.2, 0.25) is 0 Å². The van der Waals surface area contributed by atoms with Gasteiger partial charge in [-0.05, 0) is 12.8 Å². The van der Waals surface area contributed by atoms with Gasteiger partial charge in [-0.2, -0.15) is 0 Å². The van der Waals surface area contributed by atoms with Crippen molar-refractivity contribution >= 4 is 29.9 Å². The molecule has 3 fully saturated rings. The van der Waals surface area contributed by atoms with Gasteiger partial charge in [0.05, 0.1) is 18.8 Å². The number of rotatable bonds is 1. The van der Waals surface area contributed by atoms with Crippen molar-refractivity contribution in [3.8, 4) is 12.3 Å². The summed E-state index contributed by atoms with van der Waals surface area (Å²) < 4.78 is 5.96. The highest BCUT2D eigenvalue weighted by Crippen LogP contribution is 2.47. The van der Waals surface area contributed by atoms with Gasteiger partial charge in [-0.25, -0.2) is 0 Å². The van der Waals surface area contributed by atoms with E-state index in [9.17, 15) is 0 Å². The number of guanidine groups is 1. The van der Waals surface area contributed by atoms with Crippen molar-refractivity contribution in [1.82, 2.24) is 10.2 Å². The number of halogens is 1. The second kappa shape index (κ2) is 5.66. The number of hydrogen-bond donors (Lipinski definition) is 1. The van der Waals surface area contributed by atoms with Crippen LogP contribution in [0.4, 0.5) is 0 Å². The molecule has 2 bridgehead atoms. The number of hydrogen-bond acceptors (Lipinski definition) is 2. The molecule has 0 radical (unpaired) electrons. The molecule has 1 N–H and O–H groups in total. The van der Waals surface area contributed by atoms with E-state index in [1.807, 2.05) is 7.05 Å². The van der Waals surface area contributed by atoms with E-state index < -0.39 is 0 Å². The lowest BCUT2D eigenvalue weighted by Crippen LogP contribution is -2.41. The average Bonchev–Trinajstić information content (AvgIpc) is 3.01. The lowest BCUT2D eigenvalue weighted by Gasteiger charge is -2.22. The van der Waals surface area contributed by atoms with E-state index >= 15 is 0 Å². The summed E-state index contributed by atoms with van der Waals surface area (Å²) >= 11 is 0. The number of nitrogens with zero attached hydrogens (tertiary/aromatic N) is 2. The first-order chi connectivity index (χ1) is 8.33. The van der Waals surface area contributed by atoms with Crippen molar-refractivity contribution in [3.63, 3.8) is 0 Å². The molecule has 0 aromatic carbocycles. The van der Waals surface area contributed by atoms with Crippen molar-refractivity contribution in [1.29, 1.82) is 0 Å². The zero-order chi connectivity index (χ0) is 11.8. The first-order valence-electron chi connectivity index (χ1n) is 6.38. The fraction of sp³-hybridized carbons (Fsp3) is 0.769. The molecule has 3 saturated heterocycles. The molecule has 3 heterocycles. The van der Waals surface area contributed by atoms with Gasteiger partial charge in [-0.3, -0.25) is 4.99 Å². The lowest BCUT2D eigenvalue weighted by molar-refractivity contribution is 0.0767.